The number of anilines is 1. The standard InChI is InChI=1S/C16H14ClN3/c17-16-9-13-7-6-12(8-14(13)11-18-16)10-19-20-15-4-2-1-3-5-15/h1-9,11,19-20H,10H2. The van der Waals surface area contributed by atoms with Gasteiger partial charge in [0.1, 0.15) is 5.15 Å². The zero-order valence-electron chi connectivity index (χ0n) is 10.8. The van der Waals surface area contributed by atoms with Gasteiger partial charge in [-0.2, -0.15) is 0 Å². The van der Waals surface area contributed by atoms with Crippen LogP contribution in [0.1, 0.15) is 5.56 Å². The summed E-state index contributed by atoms with van der Waals surface area (Å²) in [5.74, 6) is 0. The fourth-order valence-corrected chi connectivity index (χ4v) is 2.21. The van der Waals surface area contributed by atoms with Crippen molar-refractivity contribution in [3.05, 3.63) is 71.5 Å². The highest BCUT2D eigenvalue weighted by molar-refractivity contribution is 6.30. The summed E-state index contributed by atoms with van der Waals surface area (Å²) in [6.07, 6.45) is 1.80. The second-order valence-electron chi connectivity index (χ2n) is 4.53. The van der Waals surface area contributed by atoms with Gasteiger partial charge in [0.25, 0.3) is 0 Å². The molecule has 0 radical (unpaired) electrons. The number of hydrogen-bond donors (Lipinski definition) is 2. The molecule has 4 heteroatoms. The average molecular weight is 284 g/mol. The summed E-state index contributed by atoms with van der Waals surface area (Å²) in [5.41, 5.74) is 8.59. The molecule has 0 unspecified atom stereocenters. The molecule has 0 fully saturated rings. The number of rotatable bonds is 4. The largest absolute Gasteiger partial charge is 0.321 e. The monoisotopic (exact) mass is 283 g/mol. The van der Waals surface area contributed by atoms with E-state index in [1.807, 2.05) is 36.4 Å². The Kier molecular flexibility index (Phi) is 3.81. The van der Waals surface area contributed by atoms with Crippen molar-refractivity contribution in [1.29, 1.82) is 0 Å². The molecule has 0 aliphatic carbocycles. The first-order valence-corrected chi connectivity index (χ1v) is 6.77. The minimum absolute atomic E-state index is 0.522. The molecule has 0 amide bonds. The molecular formula is C16H14ClN3. The van der Waals surface area contributed by atoms with E-state index in [9.17, 15) is 0 Å². The maximum absolute atomic E-state index is 5.88. The Hall–Kier alpha value is -2.10. The topological polar surface area (TPSA) is 37.0 Å². The smallest absolute Gasteiger partial charge is 0.129 e. The molecule has 0 bridgehead atoms. The van der Waals surface area contributed by atoms with Crippen LogP contribution in [0.3, 0.4) is 0 Å². The summed E-state index contributed by atoms with van der Waals surface area (Å²) in [7, 11) is 0. The highest BCUT2D eigenvalue weighted by atomic mass is 35.5. The highest BCUT2D eigenvalue weighted by Crippen LogP contribution is 2.18. The molecule has 0 aliphatic heterocycles. The van der Waals surface area contributed by atoms with E-state index in [0.29, 0.717) is 5.15 Å². The maximum atomic E-state index is 5.88. The lowest BCUT2D eigenvalue weighted by molar-refractivity contribution is 0.802. The van der Waals surface area contributed by atoms with Crippen molar-refractivity contribution < 1.29 is 0 Å². The summed E-state index contributed by atoms with van der Waals surface area (Å²) in [6.45, 7) is 0.730. The minimum Gasteiger partial charge on any atom is -0.321 e. The van der Waals surface area contributed by atoms with E-state index in [4.69, 9.17) is 11.6 Å². The minimum atomic E-state index is 0.522. The molecule has 2 aromatic carbocycles. The molecular weight excluding hydrogens is 270 g/mol. The quantitative estimate of drug-likeness (QED) is 0.561. The summed E-state index contributed by atoms with van der Waals surface area (Å²) in [4.78, 5) is 4.11. The number of aromatic nitrogens is 1. The Labute approximate surface area is 122 Å². The van der Waals surface area contributed by atoms with Gasteiger partial charge < -0.3 is 5.43 Å². The molecule has 0 spiro atoms. The van der Waals surface area contributed by atoms with Gasteiger partial charge in [-0.3, -0.25) is 0 Å². The second kappa shape index (κ2) is 5.90. The van der Waals surface area contributed by atoms with E-state index in [-0.39, 0.29) is 0 Å². The van der Waals surface area contributed by atoms with Crippen LogP contribution in [0.25, 0.3) is 10.8 Å². The van der Waals surface area contributed by atoms with Crippen LogP contribution in [-0.4, -0.2) is 4.98 Å². The third-order valence-electron chi connectivity index (χ3n) is 3.05. The Morgan fingerprint density at radius 3 is 2.65 bits per heavy atom. The van der Waals surface area contributed by atoms with Gasteiger partial charge in [0.2, 0.25) is 0 Å². The van der Waals surface area contributed by atoms with Gasteiger partial charge in [0.05, 0.1) is 0 Å². The number of para-hydroxylation sites is 1. The van der Waals surface area contributed by atoms with Crippen LogP contribution in [0, 0.1) is 0 Å². The number of fused-ring (bicyclic) bond motifs is 1. The fourth-order valence-electron chi connectivity index (χ4n) is 2.04. The summed E-state index contributed by atoms with van der Waals surface area (Å²) >= 11 is 5.88. The molecule has 0 atom stereocenters. The molecule has 1 aromatic heterocycles. The molecule has 0 aliphatic rings. The molecule has 3 rings (SSSR count). The SMILES string of the molecule is Clc1cc2ccc(CNNc3ccccc3)cc2cn1. The Bertz CT molecular complexity index is 713. The first kappa shape index (κ1) is 12.9. The van der Waals surface area contributed by atoms with Gasteiger partial charge in [0, 0.05) is 23.8 Å². The lowest BCUT2D eigenvalue weighted by Crippen LogP contribution is -2.20. The average Bonchev–Trinajstić information content (AvgIpc) is 2.48. The van der Waals surface area contributed by atoms with Crippen molar-refractivity contribution in [3.63, 3.8) is 0 Å². The van der Waals surface area contributed by atoms with Gasteiger partial charge in [-0.1, -0.05) is 41.9 Å². The fraction of sp³-hybridized carbons (Fsp3) is 0.0625. The molecule has 1 heterocycles. The van der Waals surface area contributed by atoms with Crippen molar-refractivity contribution >= 4 is 28.1 Å². The maximum Gasteiger partial charge on any atom is 0.129 e. The predicted molar refractivity (Wildman–Crippen MR) is 83.7 cm³/mol. The summed E-state index contributed by atoms with van der Waals surface area (Å²) in [5, 5.41) is 2.72. The van der Waals surface area contributed by atoms with Crippen molar-refractivity contribution in [3.8, 4) is 0 Å². The zero-order valence-corrected chi connectivity index (χ0v) is 11.6. The number of halogens is 1. The first-order chi connectivity index (χ1) is 9.81. The zero-order chi connectivity index (χ0) is 13.8. The molecule has 2 N–H and O–H groups in total. The van der Waals surface area contributed by atoms with Crippen molar-refractivity contribution in [2.24, 2.45) is 0 Å². The highest BCUT2D eigenvalue weighted by Gasteiger charge is 1.98. The number of nitrogens with zero attached hydrogens (tertiary/aromatic N) is 1. The van der Waals surface area contributed by atoms with Crippen LogP contribution in [0.4, 0.5) is 5.69 Å². The normalized spacial score (nSPS) is 10.7. The number of pyridine rings is 1. The van der Waals surface area contributed by atoms with Gasteiger partial charge in [0.15, 0.2) is 0 Å². The molecule has 100 valence electrons. The number of hydrogen-bond acceptors (Lipinski definition) is 3. The van der Waals surface area contributed by atoms with E-state index in [1.165, 1.54) is 5.56 Å². The predicted octanol–water partition coefficient (Wildman–Crippen LogP) is 4.00. The number of benzene rings is 2. The molecule has 3 aromatic rings. The Morgan fingerprint density at radius 2 is 1.80 bits per heavy atom. The Balaban J connectivity index is 1.67. The van der Waals surface area contributed by atoms with Crippen LogP contribution in [-0.2, 0) is 6.54 Å². The molecule has 3 nitrogen and oxygen atoms in total. The van der Waals surface area contributed by atoms with E-state index in [1.54, 1.807) is 6.20 Å². The van der Waals surface area contributed by atoms with E-state index < -0.39 is 0 Å². The first-order valence-electron chi connectivity index (χ1n) is 6.39. The third kappa shape index (κ3) is 3.07. The lowest BCUT2D eigenvalue weighted by atomic mass is 10.1. The molecule has 20 heavy (non-hydrogen) atoms. The van der Waals surface area contributed by atoms with Crippen LogP contribution in [0.2, 0.25) is 5.15 Å². The van der Waals surface area contributed by atoms with Gasteiger partial charge in [-0.15, -0.1) is 0 Å². The summed E-state index contributed by atoms with van der Waals surface area (Å²) < 4.78 is 0. The third-order valence-corrected chi connectivity index (χ3v) is 3.26. The van der Waals surface area contributed by atoms with Crippen LogP contribution < -0.4 is 10.9 Å². The van der Waals surface area contributed by atoms with E-state index in [2.05, 4.69) is 34.0 Å². The van der Waals surface area contributed by atoms with Gasteiger partial charge in [-0.25, -0.2) is 10.4 Å². The molecule has 0 saturated heterocycles. The Morgan fingerprint density at radius 1 is 0.950 bits per heavy atom. The van der Waals surface area contributed by atoms with Crippen molar-refractivity contribution in [2.75, 3.05) is 5.43 Å². The van der Waals surface area contributed by atoms with Crippen LogP contribution >= 0.6 is 11.6 Å². The lowest BCUT2D eigenvalue weighted by Gasteiger charge is -2.09. The summed E-state index contributed by atoms with van der Waals surface area (Å²) in [6, 6.07) is 18.1. The van der Waals surface area contributed by atoms with Gasteiger partial charge in [-0.05, 0) is 35.2 Å². The second-order valence-corrected chi connectivity index (χ2v) is 4.92. The number of nitrogens with one attached hydrogen (secondary N) is 2. The van der Waals surface area contributed by atoms with Crippen molar-refractivity contribution in [2.45, 2.75) is 6.54 Å². The molecule has 0 saturated carbocycles. The van der Waals surface area contributed by atoms with Crippen LogP contribution in [0.15, 0.2) is 60.8 Å². The number of hydrazine groups is 1. The van der Waals surface area contributed by atoms with E-state index in [0.717, 1.165) is 23.0 Å². The van der Waals surface area contributed by atoms with Crippen molar-refractivity contribution in [1.82, 2.24) is 10.4 Å². The van der Waals surface area contributed by atoms with E-state index >= 15 is 0 Å². The van der Waals surface area contributed by atoms with Crippen LogP contribution in [0.5, 0.6) is 0 Å². The van der Waals surface area contributed by atoms with Gasteiger partial charge >= 0.3 is 0 Å².